The van der Waals surface area contributed by atoms with Crippen molar-refractivity contribution in [3.8, 4) is 22.3 Å². The van der Waals surface area contributed by atoms with E-state index in [9.17, 15) is 0 Å². The van der Waals surface area contributed by atoms with E-state index in [0.29, 0.717) is 7.25 Å². The van der Waals surface area contributed by atoms with Crippen LogP contribution in [0.4, 0.5) is 0 Å². The third-order valence-electron chi connectivity index (χ3n) is 7.49. The Morgan fingerprint density at radius 3 is 1.32 bits per heavy atom. The van der Waals surface area contributed by atoms with E-state index >= 15 is 0 Å². The van der Waals surface area contributed by atoms with Crippen molar-refractivity contribution < 1.29 is 45.7 Å². The first-order valence-corrected chi connectivity index (χ1v) is 21.8. The van der Waals surface area contributed by atoms with Gasteiger partial charge in [-0.1, -0.05) is 0 Å². The maximum Gasteiger partial charge on any atom is -1.00 e. The number of hydrogen-bond acceptors (Lipinski definition) is 0. The molecule has 34 heavy (non-hydrogen) atoms. The topological polar surface area (TPSA) is 0 Å². The SMILES string of the molecule is Cc1ccc2c(c1)[CH]([Zr+2]([CH]1c3ccccc3-c3ccc(C)cc31)[SiH](C)C)c1ccccc1-2.[Cl-].[Cl-]. The number of rotatable bonds is 3. The number of aryl methyl sites for hydroxylation is 2. The maximum atomic E-state index is 2.65. The third kappa shape index (κ3) is 3.92. The van der Waals surface area contributed by atoms with Crippen molar-refractivity contribution >= 4 is 5.92 Å². The standard InChI is InChI=1S/2C14H11.C2H7Si.2ClH.Zr/c2*1-10-6-7-14-12(8-10)9-11-4-2-3-5-13(11)14;1-3-2;;;/h2*2-9H,1H3;3H,1-2H3;2*1H;/q;;;;;+2/p-2. The fourth-order valence-electron chi connectivity index (χ4n) is 6.21. The first-order chi connectivity index (χ1) is 15.5. The van der Waals surface area contributed by atoms with Crippen LogP contribution in [0.3, 0.4) is 0 Å². The zero-order valence-electron chi connectivity index (χ0n) is 20.1. The molecule has 0 aromatic heterocycles. The maximum absolute atomic E-state index is 2.65. The molecule has 0 bridgehead atoms. The minimum absolute atomic E-state index is 0. The molecule has 4 aromatic carbocycles. The molecule has 4 heteroatoms. The van der Waals surface area contributed by atoms with E-state index in [1.807, 2.05) is 0 Å². The minimum Gasteiger partial charge on any atom is -1.00 e. The Bertz CT molecular complexity index is 1260. The molecule has 0 radical (unpaired) electrons. The van der Waals surface area contributed by atoms with Crippen molar-refractivity contribution in [2.75, 3.05) is 0 Å². The largest absolute Gasteiger partial charge is 1.00 e. The molecule has 0 saturated heterocycles. The summed E-state index contributed by atoms with van der Waals surface area (Å²) in [6.07, 6.45) is 0. The molecule has 6 rings (SSSR count). The molecule has 171 valence electrons. The van der Waals surface area contributed by atoms with E-state index in [0.717, 1.165) is 0 Å². The van der Waals surface area contributed by atoms with Gasteiger partial charge in [0.15, 0.2) is 0 Å². The first kappa shape index (κ1) is 25.6. The fourth-order valence-corrected chi connectivity index (χ4v) is 28.4. The molecule has 0 amide bonds. The van der Waals surface area contributed by atoms with E-state index in [1.54, 1.807) is 22.3 Å². The van der Waals surface area contributed by atoms with E-state index in [1.165, 1.54) is 33.4 Å². The Hall–Kier alpha value is -1.44. The van der Waals surface area contributed by atoms with Crippen LogP contribution in [0, 0.1) is 13.8 Å². The molecule has 0 heterocycles. The molecule has 2 aliphatic rings. The second-order valence-corrected chi connectivity index (χ2v) is 29.9. The van der Waals surface area contributed by atoms with Gasteiger partial charge in [-0.2, -0.15) is 0 Å². The molecule has 0 fully saturated rings. The molecule has 0 saturated carbocycles. The summed E-state index contributed by atoms with van der Waals surface area (Å²) < 4.78 is 1.33. The van der Waals surface area contributed by atoms with Gasteiger partial charge in [-0.05, 0) is 0 Å². The van der Waals surface area contributed by atoms with Gasteiger partial charge in [0.05, 0.1) is 0 Å². The van der Waals surface area contributed by atoms with Gasteiger partial charge in [-0.25, -0.2) is 0 Å². The second-order valence-electron chi connectivity index (χ2n) is 9.88. The van der Waals surface area contributed by atoms with Gasteiger partial charge < -0.3 is 24.8 Å². The Morgan fingerprint density at radius 1 is 0.529 bits per heavy atom. The molecule has 0 aliphatic heterocycles. The molecular weight excluding hydrogens is 551 g/mol. The first-order valence-electron chi connectivity index (χ1n) is 11.8. The predicted octanol–water partition coefficient (Wildman–Crippen LogP) is 1.75. The number of halogens is 2. The van der Waals surface area contributed by atoms with Gasteiger partial charge in [-0.3, -0.25) is 0 Å². The predicted molar refractivity (Wildman–Crippen MR) is 136 cm³/mol. The smallest absolute Gasteiger partial charge is 1.00 e. The van der Waals surface area contributed by atoms with Crippen molar-refractivity contribution in [1.82, 2.24) is 0 Å². The zero-order chi connectivity index (χ0) is 22.0. The summed E-state index contributed by atoms with van der Waals surface area (Å²) in [5.74, 6) is -0.862. The summed E-state index contributed by atoms with van der Waals surface area (Å²) in [6, 6.07) is 33.1. The van der Waals surface area contributed by atoms with Crippen LogP contribution < -0.4 is 24.8 Å². The van der Waals surface area contributed by atoms with Crippen LogP contribution in [0.5, 0.6) is 0 Å². The van der Waals surface area contributed by atoms with Gasteiger partial charge >= 0.3 is 202 Å². The van der Waals surface area contributed by atoms with Crippen molar-refractivity contribution in [3.05, 3.63) is 118 Å². The second kappa shape index (κ2) is 9.90. The summed E-state index contributed by atoms with van der Waals surface area (Å²) in [7, 11) is 0. The molecular formula is C30H29Cl2SiZr. The molecule has 2 unspecified atom stereocenters. The van der Waals surface area contributed by atoms with Crippen molar-refractivity contribution in [3.63, 3.8) is 0 Å². The van der Waals surface area contributed by atoms with Crippen molar-refractivity contribution in [1.29, 1.82) is 0 Å². The Kier molecular flexibility index (Phi) is 7.47. The van der Waals surface area contributed by atoms with Gasteiger partial charge in [0.25, 0.3) is 0 Å². The summed E-state index contributed by atoms with van der Waals surface area (Å²) >= 11 is -2.05. The number of hydrogen-bond donors (Lipinski definition) is 0. The third-order valence-corrected chi connectivity index (χ3v) is 28.9. The normalized spacial score (nSPS) is 16.6. The van der Waals surface area contributed by atoms with Gasteiger partial charge in [0, 0.05) is 0 Å². The van der Waals surface area contributed by atoms with Crippen LogP contribution in [0.1, 0.15) is 40.6 Å². The molecule has 2 atom stereocenters. The summed E-state index contributed by atoms with van der Waals surface area (Å²) in [5, 5.41) is 0. The Balaban J connectivity index is 0.00000137. The fraction of sp³-hybridized carbons (Fsp3) is 0.200. The number of benzene rings is 4. The molecule has 0 N–H and O–H groups in total. The summed E-state index contributed by atoms with van der Waals surface area (Å²) in [6.45, 7) is 9.84. The number of fused-ring (bicyclic) bond motifs is 6. The summed E-state index contributed by atoms with van der Waals surface area (Å²) in [4.78, 5) is 0. The molecule has 4 aromatic rings. The quantitative estimate of drug-likeness (QED) is 0.325. The average molecular weight is 580 g/mol. The minimum atomic E-state index is -2.05. The molecule has 0 spiro atoms. The summed E-state index contributed by atoms with van der Waals surface area (Å²) in [5.41, 5.74) is 15.3. The van der Waals surface area contributed by atoms with Crippen LogP contribution >= 0.6 is 0 Å². The van der Waals surface area contributed by atoms with E-state index < -0.39 is 26.8 Å². The Morgan fingerprint density at radius 2 is 0.912 bits per heavy atom. The van der Waals surface area contributed by atoms with E-state index in [2.05, 4.69) is 112 Å². The van der Waals surface area contributed by atoms with Gasteiger partial charge in [0.1, 0.15) is 0 Å². The van der Waals surface area contributed by atoms with Crippen LogP contribution in [0.25, 0.3) is 22.3 Å². The molecule has 2 aliphatic carbocycles. The van der Waals surface area contributed by atoms with E-state index in [4.69, 9.17) is 0 Å². The van der Waals surface area contributed by atoms with Crippen LogP contribution in [-0.2, 0) is 20.9 Å². The Labute approximate surface area is 224 Å². The van der Waals surface area contributed by atoms with Gasteiger partial charge in [-0.15, -0.1) is 0 Å². The van der Waals surface area contributed by atoms with Crippen molar-refractivity contribution in [2.24, 2.45) is 0 Å². The van der Waals surface area contributed by atoms with Crippen LogP contribution in [0.15, 0.2) is 84.9 Å². The van der Waals surface area contributed by atoms with Crippen LogP contribution in [0.2, 0.25) is 13.1 Å². The zero-order valence-corrected chi connectivity index (χ0v) is 25.2. The average Bonchev–Trinajstić information content (AvgIpc) is 3.27. The molecule has 0 nitrogen and oxygen atoms in total. The van der Waals surface area contributed by atoms with Gasteiger partial charge in [0.2, 0.25) is 0 Å². The van der Waals surface area contributed by atoms with Crippen LogP contribution in [-0.4, -0.2) is 5.92 Å². The van der Waals surface area contributed by atoms with E-state index in [-0.39, 0.29) is 24.8 Å². The van der Waals surface area contributed by atoms with Crippen molar-refractivity contribution in [2.45, 2.75) is 34.2 Å². The monoisotopic (exact) mass is 577 g/mol.